The second-order valence-electron chi connectivity index (χ2n) is 5.17. The Morgan fingerprint density at radius 3 is 3.00 bits per heavy atom. The zero-order chi connectivity index (χ0) is 14.3. The molecule has 0 fully saturated rings. The van der Waals surface area contributed by atoms with Crippen molar-refractivity contribution in [3.8, 4) is 6.07 Å². The number of fused-ring (bicyclic) bond motifs is 3. The molecule has 1 aliphatic rings. The van der Waals surface area contributed by atoms with Crippen LogP contribution in [-0.4, -0.2) is 27.2 Å². The molecule has 3 rings (SSSR count). The van der Waals surface area contributed by atoms with Gasteiger partial charge in [0.25, 0.3) is 0 Å². The zero-order valence-electron chi connectivity index (χ0n) is 11.8. The number of hydrogen-bond donors (Lipinski definition) is 1. The number of nitrogens with two attached hydrogens (primary N) is 1. The first-order valence-electron chi connectivity index (χ1n) is 6.97. The third kappa shape index (κ3) is 1.67. The summed E-state index contributed by atoms with van der Waals surface area (Å²) in [6.45, 7) is 5.73. The smallest absolute Gasteiger partial charge is 0.175 e. The van der Waals surface area contributed by atoms with Gasteiger partial charge in [-0.05, 0) is 19.8 Å². The van der Waals surface area contributed by atoms with E-state index in [1.54, 1.807) is 10.7 Å². The van der Waals surface area contributed by atoms with E-state index in [4.69, 9.17) is 11.0 Å². The van der Waals surface area contributed by atoms with Gasteiger partial charge in [-0.25, -0.2) is 4.98 Å². The molecule has 1 aliphatic heterocycles. The van der Waals surface area contributed by atoms with Crippen LogP contribution in [0.4, 0.5) is 5.82 Å². The van der Waals surface area contributed by atoms with Crippen LogP contribution in [-0.2, 0) is 13.0 Å². The van der Waals surface area contributed by atoms with Crippen LogP contribution in [0.25, 0.3) is 5.65 Å². The summed E-state index contributed by atoms with van der Waals surface area (Å²) in [6.07, 6.45) is 3.58. The van der Waals surface area contributed by atoms with Crippen molar-refractivity contribution in [1.82, 2.24) is 14.6 Å². The first kappa shape index (κ1) is 12.9. The van der Waals surface area contributed by atoms with Crippen LogP contribution in [0.3, 0.4) is 0 Å². The highest BCUT2D eigenvalue weighted by Crippen LogP contribution is 2.33. The van der Waals surface area contributed by atoms with Crippen LogP contribution in [0.1, 0.15) is 37.1 Å². The lowest BCUT2D eigenvalue weighted by Gasteiger charge is -2.26. The average molecular weight is 270 g/mol. The molecule has 0 spiro atoms. The quantitative estimate of drug-likeness (QED) is 0.906. The van der Waals surface area contributed by atoms with Gasteiger partial charge in [0.1, 0.15) is 17.5 Å². The third-order valence-electron chi connectivity index (χ3n) is 4.12. The number of aromatic nitrogens is 3. The van der Waals surface area contributed by atoms with Crippen LogP contribution in [0.5, 0.6) is 0 Å². The van der Waals surface area contributed by atoms with Crippen LogP contribution in [0.15, 0.2) is 6.20 Å². The van der Waals surface area contributed by atoms with Crippen LogP contribution in [0, 0.1) is 11.3 Å². The fourth-order valence-electron chi connectivity index (χ4n) is 2.84. The predicted octanol–water partition coefficient (Wildman–Crippen LogP) is 1.22. The van der Waals surface area contributed by atoms with Gasteiger partial charge in [0, 0.05) is 24.7 Å². The van der Waals surface area contributed by atoms with Gasteiger partial charge in [-0.15, -0.1) is 0 Å². The normalized spacial score (nSPS) is 15.4. The first-order chi connectivity index (χ1) is 9.71. The summed E-state index contributed by atoms with van der Waals surface area (Å²) in [6, 6.07) is 2.58. The molecule has 0 bridgehead atoms. The Morgan fingerprint density at radius 2 is 2.35 bits per heavy atom. The number of rotatable bonds is 3. The summed E-state index contributed by atoms with van der Waals surface area (Å²) < 4.78 is 1.80. The molecule has 2 aromatic heterocycles. The Balaban J connectivity index is 2.29. The van der Waals surface area contributed by atoms with E-state index in [0.717, 1.165) is 30.9 Å². The molecule has 2 aromatic rings. The molecule has 0 radical (unpaired) electrons. The van der Waals surface area contributed by atoms with Crippen LogP contribution < -0.4 is 10.6 Å². The second-order valence-corrected chi connectivity index (χ2v) is 5.17. The van der Waals surface area contributed by atoms with Gasteiger partial charge in [-0.2, -0.15) is 14.9 Å². The topological polar surface area (TPSA) is 83.2 Å². The van der Waals surface area contributed by atoms with Crippen LogP contribution >= 0.6 is 0 Å². The van der Waals surface area contributed by atoms with E-state index < -0.39 is 0 Å². The average Bonchev–Trinajstić information content (AvgIpc) is 3.08. The van der Waals surface area contributed by atoms with E-state index in [0.29, 0.717) is 23.8 Å². The maximum absolute atomic E-state index is 9.17. The molecule has 6 heteroatoms. The monoisotopic (exact) mass is 270 g/mol. The van der Waals surface area contributed by atoms with Crippen molar-refractivity contribution < 1.29 is 0 Å². The first-order valence-corrected chi connectivity index (χ1v) is 6.97. The maximum Gasteiger partial charge on any atom is 0.175 e. The van der Waals surface area contributed by atoms with Gasteiger partial charge in [0.2, 0.25) is 0 Å². The van der Waals surface area contributed by atoms with Crippen molar-refractivity contribution in [2.24, 2.45) is 5.73 Å². The molecule has 0 aromatic carbocycles. The van der Waals surface area contributed by atoms with E-state index in [9.17, 15) is 0 Å². The molecule has 0 saturated carbocycles. The number of anilines is 1. The summed E-state index contributed by atoms with van der Waals surface area (Å²) in [4.78, 5) is 6.89. The van der Waals surface area contributed by atoms with Crippen molar-refractivity contribution >= 4 is 11.5 Å². The van der Waals surface area contributed by atoms with Gasteiger partial charge < -0.3 is 10.6 Å². The van der Waals surface area contributed by atoms with Gasteiger partial charge in [0.15, 0.2) is 5.65 Å². The lowest BCUT2D eigenvalue weighted by atomic mass is 10.2. The Kier molecular flexibility index (Phi) is 3.07. The van der Waals surface area contributed by atoms with Gasteiger partial charge in [0.05, 0.1) is 11.9 Å². The summed E-state index contributed by atoms with van der Waals surface area (Å²) in [5.41, 5.74) is 9.00. The summed E-state index contributed by atoms with van der Waals surface area (Å²) in [5, 5.41) is 13.5. The predicted molar refractivity (Wildman–Crippen MR) is 76.4 cm³/mol. The minimum Gasteiger partial charge on any atom is -0.353 e. The molecule has 1 unspecified atom stereocenters. The molecule has 0 saturated heterocycles. The highest BCUT2D eigenvalue weighted by Gasteiger charge is 2.29. The standard InChI is InChI=1S/C14H18N6/c1-3-9(2)19-5-4-11-12(7-16)18-13-10(6-15)8-17-20(13)14(11)19/h8-9H,3-5,7,16H2,1-2H3. The van der Waals surface area contributed by atoms with E-state index in [1.165, 1.54) is 5.56 Å². The van der Waals surface area contributed by atoms with Gasteiger partial charge in [-0.3, -0.25) is 0 Å². The lowest BCUT2D eigenvalue weighted by Crippen LogP contribution is -2.32. The van der Waals surface area contributed by atoms with Crippen molar-refractivity contribution in [2.45, 2.75) is 39.3 Å². The third-order valence-corrected chi connectivity index (χ3v) is 4.12. The summed E-state index contributed by atoms with van der Waals surface area (Å²) in [7, 11) is 0. The number of nitrogens with zero attached hydrogens (tertiary/aromatic N) is 5. The van der Waals surface area contributed by atoms with Crippen molar-refractivity contribution in [3.63, 3.8) is 0 Å². The van der Waals surface area contributed by atoms with Crippen molar-refractivity contribution in [1.29, 1.82) is 5.26 Å². The molecule has 2 N–H and O–H groups in total. The lowest BCUT2D eigenvalue weighted by molar-refractivity contribution is 0.623. The highest BCUT2D eigenvalue weighted by atomic mass is 15.4. The number of nitriles is 1. The summed E-state index contributed by atoms with van der Waals surface area (Å²) in [5.74, 6) is 1.06. The Morgan fingerprint density at radius 1 is 1.55 bits per heavy atom. The molecule has 1 atom stereocenters. The van der Waals surface area contributed by atoms with E-state index in [1.807, 2.05) is 0 Å². The van der Waals surface area contributed by atoms with E-state index in [2.05, 4.69) is 34.9 Å². The largest absolute Gasteiger partial charge is 0.353 e. The fourth-order valence-corrected chi connectivity index (χ4v) is 2.84. The highest BCUT2D eigenvalue weighted by molar-refractivity contribution is 5.65. The molecule has 0 amide bonds. The molecular weight excluding hydrogens is 252 g/mol. The molecule has 3 heterocycles. The number of hydrogen-bond acceptors (Lipinski definition) is 5. The minimum absolute atomic E-state index is 0.392. The fraction of sp³-hybridized carbons (Fsp3) is 0.500. The van der Waals surface area contributed by atoms with Crippen LogP contribution in [0.2, 0.25) is 0 Å². The van der Waals surface area contributed by atoms with E-state index >= 15 is 0 Å². The Labute approximate surface area is 117 Å². The maximum atomic E-state index is 9.17. The zero-order valence-corrected chi connectivity index (χ0v) is 11.8. The molecule has 0 aliphatic carbocycles. The minimum atomic E-state index is 0.392. The van der Waals surface area contributed by atoms with E-state index in [-0.39, 0.29) is 0 Å². The molecule has 20 heavy (non-hydrogen) atoms. The van der Waals surface area contributed by atoms with Gasteiger partial charge in [-0.1, -0.05) is 6.92 Å². The van der Waals surface area contributed by atoms with Gasteiger partial charge >= 0.3 is 0 Å². The molecule has 104 valence electrons. The van der Waals surface area contributed by atoms with Crippen molar-refractivity contribution in [2.75, 3.05) is 11.4 Å². The SMILES string of the molecule is CCC(C)N1CCc2c(CN)nc3c(C#N)cnn3c21. The molecular formula is C14H18N6. The Hall–Kier alpha value is -2.13. The van der Waals surface area contributed by atoms with Crippen molar-refractivity contribution in [3.05, 3.63) is 23.0 Å². The Bertz CT molecular complexity index is 696. The summed E-state index contributed by atoms with van der Waals surface area (Å²) >= 11 is 0. The molecule has 6 nitrogen and oxygen atoms in total. The second kappa shape index (κ2) is 4.76.